The van der Waals surface area contributed by atoms with Gasteiger partial charge in [0.15, 0.2) is 0 Å². The van der Waals surface area contributed by atoms with Crippen molar-refractivity contribution in [2.75, 3.05) is 0 Å². The summed E-state index contributed by atoms with van der Waals surface area (Å²) in [4.78, 5) is 36.4. The molecule has 0 radical (unpaired) electrons. The molecule has 0 bridgehead atoms. The summed E-state index contributed by atoms with van der Waals surface area (Å²) in [5.74, 6) is -0.292. The van der Waals surface area contributed by atoms with Gasteiger partial charge >= 0.3 is 0 Å². The van der Waals surface area contributed by atoms with Gasteiger partial charge in [-0.15, -0.1) is 0 Å². The van der Waals surface area contributed by atoms with Gasteiger partial charge in [-0.25, -0.2) is 9.36 Å². The SMILES string of the molecule is Cc1nn(-c2ccccc2)c(C)c1CNC(=O)c1cccc(-n2[nH]c(=O)ccc2=O)c1. The number of nitrogens with zero attached hydrogens (tertiary/aromatic N) is 3. The highest BCUT2D eigenvalue weighted by atomic mass is 16.2. The molecule has 0 unspecified atom stereocenters. The van der Waals surface area contributed by atoms with Gasteiger partial charge in [-0.1, -0.05) is 24.3 Å². The zero-order valence-electron chi connectivity index (χ0n) is 17.1. The summed E-state index contributed by atoms with van der Waals surface area (Å²) in [6.07, 6.45) is 0. The molecule has 0 spiro atoms. The van der Waals surface area contributed by atoms with Gasteiger partial charge in [-0.2, -0.15) is 5.10 Å². The maximum atomic E-state index is 12.8. The molecule has 2 aromatic carbocycles. The molecule has 0 aliphatic carbocycles. The molecule has 0 fully saturated rings. The van der Waals surface area contributed by atoms with E-state index >= 15 is 0 Å². The van der Waals surface area contributed by atoms with Crippen LogP contribution in [0.15, 0.2) is 76.3 Å². The molecule has 2 N–H and O–H groups in total. The van der Waals surface area contributed by atoms with E-state index < -0.39 is 11.1 Å². The summed E-state index contributed by atoms with van der Waals surface area (Å²) in [5.41, 5.74) is 3.66. The highest BCUT2D eigenvalue weighted by molar-refractivity contribution is 5.94. The number of amides is 1. The number of hydrogen-bond donors (Lipinski definition) is 2. The fraction of sp³-hybridized carbons (Fsp3) is 0.130. The zero-order valence-corrected chi connectivity index (χ0v) is 17.1. The molecule has 0 aliphatic rings. The van der Waals surface area contributed by atoms with Gasteiger partial charge in [0.2, 0.25) is 0 Å². The third kappa shape index (κ3) is 4.09. The topological polar surface area (TPSA) is 102 Å². The number of benzene rings is 2. The van der Waals surface area contributed by atoms with E-state index in [4.69, 9.17) is 0 Å². The molecule has 2 heterocycles. The molecule has 156 valence electrons. The van der Waals surface area contributed by atoms with Gasteiger partial charge in [-0.05, 0) is 44.2 Å². The van der Waals surface area contributed by atoms with Crippen LogP contribution in [-0.4, -0.2) is 25.5 Å². The van der Waals surface area contributed by atoms with Crippen LogP contribution in [0, 0.1) is 13.8 Å². The Labute approximate surface area is 177 Å². The van der Waals surface area contributed by atoms with Gasteiger partial charge in [0.25, 0.3) is 17.0 Å². The van der Waals surface area contributed by atoms with Crippen LogP contribution in [0.4, 0.5) is 0 Å². The second kappa shape index (κ2) is 8.27. The van der Waals surface area contributed by atoms with E-state index in [1.54, 1.807) is 24.3 Å². The number of carbonyl (C=O) groups is 1. The maximum Gasteiger partial charge on any atom is 0.269 e. The van der Waals surface area contributed by atoms with Crippen LogP contribution in [0.25, 0.3) is 11.4 Å². The van der Waals surface area contributed by atoms with E-state index in [1.165, 1.54) is 6.07 Å². The fourth-order valence-corrected chi connectivity index (χ4v) is 3.42. The number of carbonyl (C=O) groups excluding carboxylic acids is 1. The van der Waals surface area contributed by atoms with Crippen LogP contribution in [0.1, 0.15) is 27.3 Å². The van der Waals surface area contributed by atoms with Crippen molar-refractivity contribution in [2.45, 2.75) is 20.4 Å². The van der Waals surface area contributed by atoms with E-state index in [9.17, 15) is 14.4 Å². The number of hydrogen-bond acceptors (Lipinski definition) is 4. The third-order valence-electron chi connectivity index (χ3n) is 5.05. The van der Waals surface area contributed by atoms with Crippen LogP contribution in [0.2, 0.25) is 0 Å². The van der Waals surface area contributed by atoms with Crippen molar-refractivity contribution in [3.8, 4) is 11.4 Å². The minimum Gasteiger partial charge on any atom is -0.348 e. The van der Waals surface area contributed by atoms with Crippen LogP contribution in [0.5, 0.6) is 0 Å². The second-order valence-corrected chi connectivity index (χ2v) is 7.11. The Kier molecular flexibility index (Phi) is 5.36. The Bertz CT molecular complexity index is 1370. The van der Waals surface area contributed by atoms with E-state index in [-0.39, 0.29) is 5.91 Å². The first-order valence-electron chi connectivity index (χ1n) is 9.75. The number of aryl methyl sites for hydroxylation is 1. The van der Waals surface area contributed by atoms with Crippen molar-refractivity contribution in [1.82, 2.24) is 24.9 Å². The van der Waals surface area contributed by atoms with E-state index in [0.29, 0.717) is 17.8 Å². The summed E-state index contributed by atoms with van der Waals surface area (Å²) < 4.78 is 2.97. The Morgan fingerprint density at radius 2 is 1.71 bits per heavy atom. The van der Waals surface area contributed by atoms with Crippen molar-refractivity contribution >= 4 is 5.91 Å². The Morgan fingerprint density at radius 3 is 2.48 bits per heavy atom. The molecule has 1 amide bonds. The molecule has 0 saturated heterocycles. The first-order chi connectivity index (χ1) is 14.9. The monoisotopic (exact) mass is 415 g/mol. The predicted molar refractivity (Wildman–Crippen MR) is 117 cm³/mol. The normalized spacial score (nSPS) is 10.8. The summed E-state index contributed by atoms with van der Waals surface area (Å²) in [6.45, 7) is 4.19. The summed E-state index contributed by atoms with van der Waals surface area (Å²) in [7, 11) is 0. The van der Waals surface area contributed by atoms with Crippen molar-refractivity contribution < 1.29 is 4.79 Å². The molecule has 8 heteroatoms. The van der Waals surface area contributed by atoms with Crippen LogP contribution in [-0.2, 0) is 6.54 Å². The lowest BCUT2D eigenvalue weighted by Crippen LogP contribution is -2.27. The molecule has 0 atom stereocenters. The number of rotatable bonds is 5. The van der Waals surface area contributed by atoms with Crippen molar-refractivity contribution in [3.05, 3.63) is 110 Å². The van der Waals surface area contributed by atoms with Crippen LogP contribution < -0.4 is 16.4 Å². The van der Waals surface area contributed by atoms with Crippen LogP contribution >= 0.6 is 0 Å². The lowest BCUT2D eigenvalue weighted by molar-refractivity contribution is 0.0951. The average Bonchev–Trinajstić information content (AvgIpc) is 3.07. The van der Waals surface area contributed by atoms with Crippen molar-refractivity contribution in [2.24, 2.45) is 0 Å². The molecule has 4 rings (SSSR count). The third-order valence-corrected chi connectivity index (χ3v) is 5.05. The first kappa shape index (κ1) is 20.1. The number of nitrogens with one attached hydrogen (secondary N) is 2. The van der Waals surface area contributed by atoms with Crippen LogP contribution in [0.3, 0.4) is 0 Å². The number of aromatic nitrogens is 4. The molecular weight excluding hydrogens is 394 g/mol. The van der Waals surface area contributed by atoms with Gasteiger partial charge in [0, 0.05) is 35.5 Å². The lowest BCUT2D eigenvalue weighted by atomic mass is 10.1. The number of para-hydroxylation sites is 1. The quantitative estimate of drug-likeness (QED) is 0.522. The Balaban J connectivity index is 1.55. The molecule has 2 aromatic heterocycles. The zero-order chi connectivity index (χ0) is 22.0. The fourth-order valence-electron chi connectivity index (χ4n) is 3.42. The minimum atomic E-state index is -0.407. The van der Waals surface area contributed by atoms with Gasteiger partial charge in [0.1, 0.15) is 0 Å². The summed E-state index contributed by atoms with van der Waals surface area (Å²) in [6, 6.07) is 18.7. The largest absolute Gasteiger partial charge is 0.348 e. The average molecular weight is 415 g/mol. The second-order valence-electron chi connectivity index (χ2n) is 7.11. The van der Waals surface area contributed by atoms with Gasteiger partial charge < -0.3 is 5.32 Å². The Morgan fingerprint density at radius 1 is 0.968 bits per heavy atom. The van der Waals surface area contributed by atoms with E-state index in [1.807, 2.05) is 48.9 Å². The number of H-pyrrole nitrogens is 1. The highest BCUT2D eigenvalue weighted by Gasteiger charge is 2.15. The molecular formula is C23H21N5O3. The standard InChI is InChI=1S/C23H21N5O3/c1-15-20(16(2)27(25-15)18-8-4-3-5-9-18)14-24-23(31)17-7-6-10-19(13-17)28-22(30)12-11-21(29)26-28/h3-13H,14H2,1-2H3,(H,24,31)(H,26,29). The molecule has 31 heavy (non-hydrogen) atoms. The lowest BCUT2D eigenvalue weighted by Gasteiger charge is -2.09. The summed E-state index contributed by atoms with van der Waals surface area (Å²) >= 11 is 0. The summed E-state index contributed by atoms with van der Waals surface area (Å²) in [5, 5.41) is 9.97. The van der Waals surface area contributed by atoms with E-state index in [2.05, 4.69) is 15.5 Å². The smallest absolute Gasteiger partial charge is 0.269 e. The van der Waals surface area contributed by atoms with Crippen molar-refractivity contribution in [3.63, 3.8) is 0 Å². The predicted octanol–water partition coefficient (Wildman–Crippen LogP) is 2.26. The Hall–Kier alpha value is -4.20. The van der Waals surface area contributed by atoms with Gasteiger partial charge in [0.05, 0.1) is 17.1 Å². The number of aromatic amines is 1. The van der Waals surface area contributed by atoms with E-state index in [0.717, 1.165) is 33.4 Å². The van der Waals surface area contributed by atoms with Gasteiger partial charge in [-0.3, -0.25) is 19.5 Å². The molecule has 0 saturated carbocycles. The van der Waals surface area contributed by atoms with Crippen molar-refractivity contribution in [1.29, 1.82) is 0 Å². The maximum absolute atomic E-state index is 12.8. The molecule has 8 nitrogen and oxygen atoms in total. The first-order valence-corrected chi connectivity index (χ1v) is 9.75. The minimum absolute atomic E-state index is 0.292. The highest BCUT2D eigenvalue weighted by Crippen LogP contribution is 2.18. The molecule has 0 aliphatic heterocycles. The molecule has 4 aromatic rings.